The number of nitrogens with one attached hydrogen (secondary N) is 1. The Balaban J connectivity index is 1.97. The summed E-state index contributed by atoms with van der Waals surface area (Å²) < 4.78 is 0. The highest BCUT2D eigenvalue weighted by atomic mass is 15.1. The quantitative estimate of drug-likeness (QED) is 0.713. The van der Waals surface area contributed by atoms with E-state index in [9.17, 15) is 0 Å². The van der Waals surface area contributed by atoms with Crippen molar-refractivity contribution in [3.8, 4) is 0 Å². The predicted octanol–water partition coefficient (Wildman–Crippen LogP) is 2.82. The molecule has 2 heterocycles. The van der Waals surface area contributed by atoms with Crippen LogP contribution in [0.4, 0.5) is 0 Å². The topological polar surface area (TPSA) is 12.0 Å². The maximum atomic E-state index is 3.82. The molecule has 1 heteroatoms. The highest BCUT2D eigenvalue weighted by molar-refractivity contribution is 5.27. The normalized spacial score (nSPS) is 35.9. The first-order valence-corrected chi connectivity index (χ1v) is 5.72. The summed E-state index contributed by atoms with van der Waals surface area (Å²) in [6.45, 7) is 0. The van der Waals surface area contributed by atoms with Crippen LogP contribution in [0.2, 0.25) is 0 Å². The standard InChI is InChI=1S/C13H17N/c1-2-5-11(6-3-1)13-9-4-7-12(14-13)8-10-13/h1-3,5-6,12,14H,4,7-10H2. The highest BCUT2D eigenvalue weighted by Gasteiger charge is 2.42. The van der Waals surface area contributed by atoms with Crippen LogP contribution < -0.4 is 5.32 Å². The van der Waals surface area contributed by atoms with E-state index in [0.717, 1.165) is 6.04 Å². The summed E-state index contributed by atoms with van der Waals surface area (Å²) in [6.07, 6.45) is 6.81. The maximum absolute atomic E-state index is 3.82. The molecule has 0 spiro atoms. The number of piperidine rings is 1. The van der Waals surface area contributed by atoms with E-state index in [1.165, 1.54) is 37.7 Å². The Morgan fingerprint density at radius 2 is 1.93 bits per heavy atom. The van der Waals surface area contributed by atoms with E-state index in [4.69, 9.17) is 0 Å². The molecule has 1 N–H and O–H groups in total. The molecule has 1 nitrogen and oxygen atoms in total. The van der Waals surface area contributed by atoms with Gasteiger partial charge in [-0.25, -0.2) is 0 Å². The SMILES string of the molecule is c1ccc(C23CCCC(CC2)N3)cc1. The molecular weight excluding hydrogens is 170 g/mol. The fourth-order valence-corrected chi connectivity index (χ4v) is 3.15. The summed E-state index contributed by atoms with van der Waals surface area (Å²) in [5.41, 5.74) is 1.84. The Bertz CT molecular complexity index is 315. The summed E-state index contributed by atoms with van der Waals surface area (Å²) in [5, 5.41) is 3.82. The van der Waals surface area contributed by atoms with Gasteiger partial charge in [-0.15, -0.1) is 0 Å². The van der Waals surface area contributed by atoms with Crippen LogP contribution in [0, 0.1) is 0 Å². The van der Waals surface area contributed by atoms with E-state index in [2.05, 4.69) is 35.6 Å². The van der Waals surface area contributed by atoms with Gasteiger partial charge in [0.2, 0.25) is 0 Å². The zero-order valence-corrected chi connectivity index (χ0v) is 8.50. The molecule has 0 aromatic heterocycles. The van der Waals surface area contributed by atoms with Crippen molar-refractivity contribution >= 4 is 0 Å². The molecule has 0 saturated carbocycles. The minimum atomic E-state index is 0.337. The maximum Gasteiger partial charge on any atom is 0.0437 e. The van der Waals surface area contributed by atoms with E-state index in [-0.39, 0.29) is 0 Å². The Kier molecular flexibility index (Phi) is 1.88. The largest absolute Gasteiger partial charge is 0.305 e. The lowest BCUT2D eigenvalue weighted by atomic mass is 9.83. The van der Waals surface area contributed by atoms with Crippen LogP contribution in [0.3, 0.4) is 0 Å². The Morgan fingerprint density at radius 3 is 2.79 bits per heavy atom. The molecule has 2 aliphatic heterocycles. The number of fused-ring (bicyclic) bond motifs is 2. The molecule has 2 unspecified atom stereocenters. The molecule has 14 heavy (non-hydrogen) atoms. The lowest BCUT2D eigenvalue weighted by molar-refractivity contribution is 0.280. The van der Waals surface area contributed by atoms with Crippen LogP contribution in [0.5, 0.6) is 0 Å². The van der Waals surface area contributed by atoms with Crippen molar-refractivity contribution in [2.45, 2.75) is 43.7 Å². The second-order valence-corrected chi connectivity index (χ2v) is 4.72. The molecule has 0 radical (unpaired) electrons. The van der Waals surface area contributed by atoms with E-state index in [0.29, 0.717) is 5.54 Å². The van der Waals surface area contributed by atoms with Gasteiger partial charge >= 0.3 is 0 Å². The van der Waals surface area contributed by atoms with Gasteiger partial charge < -0.3 is 5.32 Å². The van der Waals surface area contributed by atoms with Gasteiger partial charge in [-0.05, 0) is 37.7 Å². The molecule has 2 atom stereocenters. The van der Waals surface area contributed by atoms with Gasteiger partial charge in [-0.1, -0.05) is 30.3 Å². The fraction of sp³-hybridized carbons (Fsp3) is 0.538. The molecule has 1 aromatic rings. The summed E-state index contributed by atoms with van der Waals surface area (Å²) in [4.78, 5) is 0. The summed E-state index contributed by atoms with van der Waals surface area (Å²) in [7, 11) is 0. The average Bonchev–Trinajstić information content (AvgIpc) is 2.57. The highest BCUT2D eigenvalue weighted by Crippen LogP contribution is 2.42. The third-order valence-electron chi connectivity index (χ3n) is 3.88. The average molecular weight is 187 g/mol. The van der Waals surface area contributed by atoms with Gasteiger partial charge in [0.1, 0.15) is 0 Å². The van der Waals surface area contributed by atoms with Gasteiger partial charge in [0.15, 0.2) is 0 Å². The van der Waals surface area contributed by atoms with Crippen molar-refractivity contribution in [2.75, 3.05) is 0 Å². The van der Waals surface area contributed by atoms with Gasteiger partial charge in [0.05, 0.1) is 0 Å². The third kappa shape index (κ3) is 1.19. The zero-order valence-electron chi connectivity index (χ0n) is 8.50. The lowest BCUT2D eigenvalue weighted by Crippen LogP contribution is -2.43. The second-order valence-electron chi connectivity index (χ2n) is 4.72. The zero-order chi connectivity index (χ0) is 9.43. The molecule has 2 saturated heterocycles. The number of hydrogen-bond acceptors (Lipinski definition) is 1. The van der Waals surface area contributed by atoms with Gasteiger partial charge in [0.25, 0.3) is 0 Å². The smallest absolute Gasteiger partial charge is 0.0437 e. The summed E-state index contributed by atoms with van der Waals surface area (Å²) in [5.74, 6) is 0. The first-order valence-electron chi connectivity index (χ1n) is 5.72. The van der Waals surface area contributed by atoms with Crippen molar-refractivity contribution < 1.29 is 0 Å². The summed E-state index contributed by atoms with van der Waals surface area (Å²) >= 11 is 0. The van der Waals surface area contributed by atoms with Crippen molar-refractivity contribution in [2.24, 2.45) is 0 Å². The first-order chi connectivity index (χ1) is 6.89. The van der Waals surface area contributed by atoms with E-state index in [1.54, 1.807) is 0 Å². The Hall–Kier alpha value is -0.820. The Morgan fingerprint density at radius 1 is 1.07 bits per heavy atom. The van der Waals surface area contributed by atoms with E-state index < -0.39 is 0 Å². The molecule has 3 rings (SSSR count). The molecular formula is C13H17N. The molecule has 74 valence electrons. The molecule has 0 amide bonds. The van der Waals surface area contributed by atoms with Gasteiger partial charge in [-0.3, -0.25) is 0 Å². The van der Waals surface area contributed by atoms with Crippen LogP contribution in [0.15, 0.2) is 30.3 Å². The number of benzene rings is 1. The van der Waals surface area contributed by atoms with Gasteiger partial charge in [0, 0.05) is 11.6 Å². The third-order valence-corrected chi connectivity index (χ3v) is 3.88. The molecule has 2 fully saturated rings. The van der Waals surface area contributed by atoms with Crippen molar-refractivity contribution in [1.29, 1.82) is 0 Å². The summed E-state index contributed by atoms with van der Waals surface area (Å²) in [6, 6.07) is 11.8. The molecule has 0 aliphatic carbocycles. The van der Waals surface area contributed by atoms with E-state index in [1.807, 2.05) is 0 Å². The van der Waals surface area contributed by atoms with Crippen LogP contribution >= 0.6 is 0 Å². The fourth-order valence-electron chi connectivity index (χ4n) is 3.15. The number of rotatable bonds is 1. The van der Waals surface area contributed by atoms with Crippen molar-refractivity contribution in [3.05, 3.63) is 35.9 Å². The molecule has 1 aromatic carbocycles. The minimum absolute atomic E-state index is 0.337. The molecule has 2 bridgehead atoms. The predicted molar refractivity (Wildman–Crippen MR) is 58.1 cm³/mol. The van der Waals surface area contributed by atoms with Gasteiger partial charge in [-0.2, -0.15) is 0 Å². The minimum Gasteiger partial charge on any atom is -0.305 e. The molecule has 2 aliphatic rings. The van der Waals surface area contributed by atoms with Crippen molar-refractivity contribution in [1.82, 2.24) is 5.32 Å². The second kappa shape index (κ2) is 3.09. The monoisotopic (exact) mass is 187 g/mol. The van der Waals surface area contributed by atoms with Crippen LogP contribution in [0.25, 0.3) is 0 Å². The van der Waals surface area contributed by atoms with Crippen LogP contribution in [-0.4, -0.2) is 6.04 Å². The Labute approximate surface area is 85.5 Å². The van der Waals surface area contributed by atoms with Crippen molar-refractivity contribution in [3.63, 3.8) is 0 Å². The lowest BCUT2D eigenvalue weighted by Gasteiger charge is -2.35. The first kappa shape index (κ1) is 8.49. The van der Waals surface area contributed by atoms with Crippen LogP contribution in [-0.2, 0) is 5.54 Å². The van der Waals surface area contributed by atoms with Crippen LogP contribution in [0.1, 0.15) is 37.7 Å². The van der Waals surface area contributed by atoms with E-state index >= 15 is 0 Å². The number of hydrogen-bond donors (Lipinski definition) is 1.